The van der Waals surface area contributed by atoms with Gasteiger partial charge in [-0.2, -0.15) is 0 Å². The molecule has 1 N–H and O–H groups in total. The monoisotopic (exact) mass is 348 g/mol. The Hall–Kier alpha value is -2.18. The fourth-order valence-corrected chi connectivity index (χ4v) is 3.70. The molecular weight excluding hydrogens is 336 g/mol. The van der Waals surface area contributed by atoms with E-state index in [9.17, 15) is 9.59 Å². The molecule has 0 saturated heterocycles. The van der Waals surface area contributed by atoms with Crippen LogP contribution >= 0.6 is 22.9 Å². The van der Waals surface area contributed by atoms with Gasteiger partial charge in [-0.25, -0.2) is 4.98 Å². The van der Waals surface area contributed by atoms with E-state index >= 15 is 0 Å². The molecule has 23 heavy (non-hydrogen) atoms. The first-order valence-corrected chi connectivity index (χ1v) is 8.07. The lowest BCUT2D eigenvalue weighted by atomic mass is 10.2. The van der Waals surface area contributed by atoms with Crippen LogP contribution in [0, 0.1) is 13.8 Å². The van der Waals surface area contributed by atoms with Gasteiger partial charge in [-0.05, 0) is 31.5 Å². The van der Waals surface area contributed by atoms with Gasteiger partial charge in [-0.1, -0.05) is 23.7 Å². The summed E-state index contributed by atoms with van der Waals surface area (Å²) in [5.41, 5.74) is 1.03. The van der Waals surface area contributed by atoms with Crippen molar-refractivity contribution in [2.75, 3.05) is 0 Å². The summed E-state index contributed by atoms with van der Waals surface area (Å²) >= 11 is 7.63. The summed E-state index contributed by atoms with van der Waals surface area (Å²) in [6, 6.07) is 6.95. The van der Waals surface area contributed by atoms with E-state index in [0.717, 1.165) is 10.4 Å². The van der Waals surface area contributed by atoms with Gasteiger partial charge in [0.1, 0.15) is 17.2 Å². The van der Waals surface area contributed by atoms with Gasteiger partial charge in [-0.3, -0.25) is 14.2 Å². The number of carboxylic acid groups (broad SMARTS) is 1. The molecule has 0 saturated carbocycles. The van der Waals surface area contributed by atoms with Crippen LogP contribution in [0.15, 0.2) is 29.1 Å². The van der Waals surface area contributed by atoms with Crippen LogP contribution in [0.5, 0.6) is 0 Å². The molecule has 0 bridgehead atoms. The molecule has 0 atom stereocenters. The van der Waals surface area contributed by atoms with Crippen LogP contribution in [0.3, 0.4) is 0 Å². The molecular formula is C16H13ClN2O3S. The van der Waals surface area contributed by atoms with Crippen LogP contribution in [-0.4, -0.2) is 20.6 Å². The highest BCUT2D eigenvalue weighted by atomic mass is 35.5. The summed E-state index contributed by atoms with van der Waals surface area (Å²) in [7, 11) is 0. The lowest BCUT2D eigenvalue weighted by molar-refractivity contribution is -0.137. The van der Waals surface area contributed by atoms with Crippen molar-refractivity contribution in [1.82, 2.24) is 9.55 Å². The molecule has 0 spiro atoms. The van der Waals surface area contributed by atoms with E-state index in [1.807, 2.05) is 13.8 Å². The fourth-order valence-electron chi connectivity index (χ4n) is 2.46. The van der Waals surface area contributed by atoms with Gasteiger partial charge in [0.15, 0.2) is 0 Å². The number of hydrogen-bond acceptors (Lipinski definition) is 4. The van der Waals surface area contributed by atoms with E-state index in [1.165, 1.54) is 15.9 Å². The summed E-state index contributed by atoms with van der Waals surface area (Å²) in [5, 5.41) is 10.1. The Balaban J connectivity index is 2.43. The Bertz CT molecular complexity index is 991. The molecule has 1 aromatic carbocycles. The minimum absolute atomic E-state index is 0.275. The van der Waals surface area contributed by atoms with Crippen molar-refractivity contribution in [2.45, 2.75) is 20.4 Å². The molecule has 0 unspecified atom stereocenters. The summed E-state index contributed by atoms with van der Waals surface area (Å²) in [5.74, 6) is -0.831. The number of thiophene rings is 1. The summed E-state index contributed by atoms with van der Waals surface area (Å²) in [6.45, 7) is 3.30. The van der Waals surface area contributed by atoms with Crippen molar-refractivity contribution in [3.63, 3.8) is 0 Å². The zero-order valence-electron chi connectivity index (χ0n) is 12.5. The van der Waals surface area contributed by atoms with Crippen molar-refractivity contribution in [1.29, 1.82) is 0 Å². The number of hydrogen-bond donors (Lipinski definition) is 1. The van der Waals surface area contributed by atoms with Crippen molar-refractivity contribution < 1.29 is 9.90 Å². The van der Waals surface area contributed by atoms with Gasteiger partial charge in [-0.15, -0.1) is 11.3 Å². The van der Waals surface area contributed by atoms with Crippen LogP contribution in [0.2, 0.25) is 5.02 Å². The first kappa shape index (κ1) is 15.7. The minimum Gasteiger partial charge on any atom is -0.480 e. The van der Waals surface area contributed by atoms with E-state index in [2.05, 4.69) is 4.98 Å². The van der Waals surface area contributed by atoms with Crippen molar-refractivity contribution >= 4 is 39.1 Å². The Morgan fingerprint density at radius 1 is 1.35 bits per heavy atom. The van der Waals surface area contributed by atoms with E-state index in [4.69, 9.17) is 16.7 Å². The quantitative estimate of drug-likeness (QED) is 0.786. The third-order valence-electron chi connectivity index (χ3n) is 3.70. The highest BCUT2D eigenvalue weighted by molar-refractivity contribution is 7.18. The number of aliphatic carboxylic acids is 1. The first-order chi connectivity index (χ1) is 10.9. The average molecular weight is 349 g/mol. The van der Waals surface area contributed by atoms with E-state index in [0.29, 0.717) is 20.8 Å². The predicted octanol–water partition coefficient (Wildman–Crippen LogP) is 3.48. The minimum atomic E-state index is -1.11. The lowest BCUT2D eigenvalue weighted by Crippen LogP contribution is -2.27. The second-order valence-corrected chi connectivity index (χ2v) is 6.77. The molecule has 3 aromatic rings. The van der Waals surface area contributed by atoms with E-state index in [-0.39, 0.29) is 11.4 Å². The van der Waals surface area contributed by atoms with Crippen molar-refractivity contribution in [2.24, 2.45) is 0 Å². The zero-order valence-corrected chi connectivity index (χ0v) is 14.0. The zero-order chi connectivity index (χ0) is 16.7. The summed E-state index contributed by atoms with van der Waals surface area (Å²) < 4.78 is 1.17. The number of carboxylic acids is 1. The smallest absolute Gasteiger partial charge is 0.323 e. The number of nitrogens with zero attached hydrogens (tertiary/aromatic N) is 2. The lowest BCUT2D eigenvalue weighted by Gasteiger charge is -2.12. The van der Waals surface area contributed by atoms with Crippen LogP contribution in [0.25, 0.3) is 21.6 Å². The van der Waals surface area contributed by atoms with E-state index in [1.54, 1.807) is 24.3 Å². The summed E-state index contributed by atoms with van der Waals surface area (Å²) in [4.78, 5) is 30.1. The van der Waals surface area contributed by atoms with Gasteiger partial charge >= 0.3 is 5.97 Å². The topological polar surface area (TPSA) is 72.2 Å². The number of aryl methyl sites for hydroxylation is 2. The molecule has 5 nitrogen and oxygen atoms in total. The van der Waals surface area contributed by atoms with Gasteiger partial charge in [0.2, 0.25) is 0 Å². The SMILES string of the molecule is Cc1sc2nc(-c3ccccc3Cl)n(CC(=O)O)c(=O)c2c1C. The molecule has 0 radical (unpaired) electrons. The molecule has 0 fully saturated rings. The maximum Gasteiger partial charge on any atom is 0.323 e. The first-order valence-electron chi connectivity index (χ1n) is 6.87. The third-order valence-corrected chi connectivity index (χ3v) is 5.13. The number of benzene rings is 1. The Labute approximate surface area is 140 Å². The fraction of sp³-hybridized carbons (Fsp3) is 0.188. The Morgan fingerprint density at radius 2 is 2.04 bits per heavy atom. The number of rotatable bonds is 3. The molecule has 0 aliphatic rings. The Morgan fingerprint density at radius 3 is 2.70 bits per heavy atom. The molecule has 0 amide bonds. The molecule has 0 aliphatic carbocycles. The summed E-state index contributed by atoms with van der Waals surface area (Å²) in [6.07, 6.45) is 0. The van der Waals surface area contributed by atoms with E-state index < -0.39 is 12.5 Å². The van der Waals surface area contributed by atoms with Gasteiger partial charge < -0.3 is 5.11 Å². The third kappa shape index (κ3) is 2.64. The molecule has 0 aliphatic heterocycles. The predicted molar refractivity (Wildman–Crippen MR) is 91.4 cm³/mol. The van der Waals surface area contributed by atoms with Crippen LogP contribution in [-0.2, 0) is 11.3 Å². The number of fused-ring (bicyclic) bond motifs is 1. The molecule has 3 rings (SSSR count). The molecule has 2 aromatic heterocycles. The van der Waals surface area contributed by atoms with Gasteiger partial charge in [0.05, 0.1) is 10.4 Å². The van der Waals surface area contributed by atoms with Crippen LogP contribution < -0.4 is 5.56 Å². The number of halogens is 1. The number of carbonyl (C=O) groups is 1. The highest BCUT2D eigenvalue weighted by Gasteiger charge is 2.20. The second kappa shape index (κ2) is 5.79. The Kier molecular flexibility index (Phi) is 3.95. The van der Waals surface area contributed by atoms with Crippen molar-refractivity contribution in [3.8, 4) is 11.4 Å². The standard InChI is InChI=1S/C16H13ClN2O3S/c1-8-9(2)23-15-13(8)16(22)19(7-12(20)21)14(18-15)10-5-3-4-6-11(10)17/h3-6H,7H2,1-2H3,(H,20,21). The molecule has 2 heterocycles. The van der Waals surface area contributed by atoms with Gasteiger partial charge in [0, 0.05) is 10.4 Å². The average Bonchev–Trinajstić information content (AvgIpc) is 2.77. The molecule has 118 valence electrons. The molecule has 7 heteroatoms. The maximum atomic E-state index is 12.8. The van der Waals surface area contributed by atoms with Crippen LogP contribution in [0.1, 0.15) is 10.4 Å². The maximum absolute atomic E-state index is 12.8. The van der Waals surface area contributed by atoms with Crippen LogP contribution in [0.4, 0.5) is 0 Å². The largest absolute Gasteiger partial charge is 0.480 e. The highest BCUT2D eigenvalue weighted by Crippen LogP contribution is 2.31. The number of aromatic nitrogens is 2. The van der Waals surface area contributed by atoms with Gasteiger partial charge in [0.25, 0.3) is 5.56 Å². The second-order valence-electron chi connectivity index (χ2n) is 5.16. The van der Waals surface area contributed by atoms with Crippen molar-refractivity contribution in [3.05, 3.63) is 50.1 Å². The normalized spacial score (nSPS) is 11.1.